The lowest BCUT2D eigenvalue weighted by Gasteiger charge is -2.38. The predicted octanol–water partition coefficient (Wildman–Crippen LogP) is 1.01. The molecule has 0 spiro atoms. The molecule has 160 valence electrons. The van der Waals surface area contributed by atoms with Gasteiger partial charge in [0.15, 0.2) is 0 Å². The first-order valence-electron chi connectivity index (χ1n) is 10.8. The Morgan fingerprint density at radius 1 is 1.10 bits per heavy atom. The van der Waals surface area contributed by atoms with E-state index in [4.69, 9.17) is 15.7 Å². The van der Waals surface area contributed by atoms with Gasteiger partial charge in [0.05, 0.1) is 11.3 Å². The number of anilines is 3. The summed E-state index contributed by atoms with van der Waals surface area (Å²) in [6, 6.07) is 2.61. The Balaban J connectivity index is 1.41. The van der Waals surface area contributed by atoms with Gasteiger partial charge >= 0.3 is 0 Å². The van der Waals surface area contributed by atoms with E-state index < -0.39 is 5.60 Å². The molecule has 5 heterocycles. The molecule has 1 aliphatic carbocycles. The van der Waals surface area contributed by atoms with Crippen molar-refractivity contribution in [2.75, 3.05) is 54.8 Å². The summed E-state index contributed by atoms with van der Waals surface area (Å²) >= 11 is 0. The van der Waals surface area contributed by atoms with E-state index >= 15 is 0 Å². The Morgan fingerprint density at radius 2 is 1.80 bits per heavy atom. The van der Waals surface area contributed by atoms with E-state index in [1.54, 1.807) is 12.4 Å². The van der Waals surface area contributed by atoms with Gasteiger partial charge in [0.1, 0.15) is 5.82 Å². The highest BCUT2D eigenvalue weighted by molar-refractivity contribution is 5.64. The zero-order valence-corrected chi connectivity index (χ0v) is 17.7. The molecule has 4 aliphatic rings. The van der Waals surface area contributed by atoms with Crippen LogP contribution in [0.1, 0.15) is 26.7 Å². The summed E-state index contributed by atoms with van der Waals surface area (Å²) in [7, 11) is 0. The molecule has 4 fully saturated rings. The fraction of sp³-hybridized carbons (Fsp3) is 0.619. The van der Waals surface area contributed by atoms with Gasteiger partial charge in [-0.1, -0.05) is 0 Å². The van der Waals surface area contributed by atoms with E-state index in [0.29, 0.717) is 12.6 Å². The van der Waals surface area contributed by atoms with E-state index in [-0.39, 0.29) is 5.95 Å². The van der Waals surface area contributed by atoms with Gasteiger partial charge in [-0.15, -0.1) is 0 Å². The maximum absolute atomic E-state index is 10.1. The summed E-state index contributed by atoms with van der Waals surface area (Å²) in [6.45, 7) is 8.99. The molecular weight excluding hydrogens is 380 g/mol. The number of aliphatic hydroxyl groups is 1. The predicted molar refractivity (Wildman–Crippen MR) is 116 cm³/mol. The number of β-amino-alcohol motifs (C(OH)–C–C–N with tert-alkyl or cyclic N) is 1. The summed E-state index contributed by atoms with van der Waals surface area (Å²) < 4.78 is 0. The second kappa shape index (κ2) is 7.31. The molecule has 1 saturated carbocycles. The van der Waals surface area contributed by atoms with Crippen molar-refractivity contribution in [2.45, 2.75) is 38.3 Å². The monoisotopic (exact) mass is 410 g/mol. The summed E-state index contributed by atoms with van der Waals surface area (Å²) in [5.41, 5.74) is 6.67. The van der Waals surface area contributed by atoms with Crippen LogP contribution < -0.4 is 15.5 Å². The van der Waals surface area contributed by atoms with Gasteiger partial charge in [0.2, 0.25) is 11.9 Å². The Bertz CT molecular complexity index is 898. The van der Waals surface area contributed by atoms with Crippen molar-refractivity contribution in [3.05, 3.63) is 18.5 Å². The van der Waals surface area contributed by atoms with Gasteiger partial charge in [-0.25, -0.2) is 15.0 Å². The molecule has 3 N–H and O–H groups in total. The van der Waals surface area contributed by atoms with E-state index in [2.05, 4.69) is 24.7 Å². The lowest BCUT2D eigenvalue weighted by Crippen LogP contribution is -2.50. The van der Waals surface area contributed by atoms with E-state index in [1.807, 2.05) is 19.9 Å². The summed E-state index contributed by atoms with van der Waals surface area (Å²) in [5.74, 6) is 2.80. The van der Waals surface area contributed by atoms with Crippen molar-refractivity contribution in [2.24, 2.45) is 5.92 Å². The number of nitrogens with zero attached hydrogens (tertiary/aromatic N) is 7. The zero-order valence-electron chi connectivity index (χ0n) is 17.7. The zero-order chi connectivity index (χ0) is 20.9. The molecular formula is C21H30N8O. The standard InChI is InChI=1S/C21H30N8O/c1-21(2,30)13-27-3-5-28(6-4-27)18-9-17(15-10-23-19(22)24-11-15)25-20(26-18)29-12-14-7-16(29)8-14/h9-11,14,16,30H,3-8,12-13H2,1-2H3,(H2,22,23,24). The normalized spacial score (nSPS) is 24.2. The molecule has 2 bridgehead atoms. The van der Waals surface area contributed by atoms with Crippen LogP contribution >= 0.6 is 0 Å². The summed E-state index contributed by atoms with van der Waals surface area (Å²) in [4.78, 5) is 25.1. The smallest absolute Gasteiger partial charge is 0.228 e. The third-order valence-electron chi connectivity index (χ3n) is 6.34. The number of fused-ring (bicyclic) bond motifs is 1. The summed E-state index contributed by atoms with van der Waals surface area (Å²) in [6.07, 6.45) is 5.96. The Hall–Kier alpha value is -2.52. The molecule has 9 heteroatoms. The van der Waals surface area contributed by atoms with Crippen LogP contribution in [0.5, 0.6) is 0 Å². The van der Waals surface area contributed by atoms with Crippen LogP contribution in [-0.4, -0.2) is 80.9 Å². The lowest BCUT2D eigenvalue weighted by molar-refractivity contribution is 0.0344. The molecule has 0 radical (unpaired) electrons. The number of nitrogens with two attached hydrogens (primary N) is 1. The molecule has 3 aliphatic heterocycles. The van der Waals surface area contributed by atoms with Gasteiger partial charge in [-0.3, -0.25) is 4.90 Å². The molecule has 9 nitrogen and oxygen atoms in total. The molecule has 0 unspecified atom stereocenters. The molecule has 2 aromatic heterocycles. The summed E-state index contributed by atoms with van der Waals surface area (Å²) in [5, 5.41) is 10.1. The maximum Gasteiger partial charge on any atom is 0.228 e. The highest BCUT2D eigenvalue weighted by Gasteiger charge is 2.44. The van der Waals surface area contributed by atoms with Crippen molar-refractivity contribution in [1.29, 1.82) is 0 Å². The highest BCUT2D eigenvalue weighted by Crippen LogP contribution is 2.42. The van der Waals surface area contributed by atoms with Crippen molar-refractivity contribution in [3.8, 4) is 11.3 Å². The molecule has 3 saturated heterocycles. The minimum Gasteiger partial charge on any atom is -0.389 e. The number of hydrogen-bond acceptors (Lipinski definition) is 9. The SMILES string of the molecule is CC(C)(O)CN1CCN(c2cc(-c3cnc(N)nc3)nc(N3CC4CC3C4)n2)CC1. The number of piperazine rings is 1. The highest BCUT2D eigenvalue weighted by atomic mass is 16.3. The Labute approximate surface area is 177 Å². The first kappa shape index (κ1) is 19.4. The van der Waals surface area contributed by atoms with Gasteiger partial charge < -0.3 is 20.6 Å². The van der Waals surface area contributed by atoms with Crippen molar-refractivity contribution in [3.63, 3.8) is 0 Å². The topological polar surface area (TPSA) is 108 Å². The van der Waals surface area contributed by atoms with Crippen LogP contribution in [0.3, 0.4) is 0 Å². The minimum atomic E-state index is -0.677. The van der Waals surface area contributed by atoms with E-state index in [9.17, 15) is 5.11 Å². The van der Waals surface area contributed by atoms with Crippen molar-refractivity contribution in [1.82, 2.24) is 24.8 Å². The van der Waals surface area contributed by atoms with Crippen LogP contribution in [0.15, 0.2) is 18.5 Å². The molecule has 0 atom stereocenters. The third-order valence-corrected chi connectivity index (χ3v) is 6.34. The number of hydrogen-bond donors (Lipinski definition) is 2. The molecule has 0 aromatic carbocycles. The van der Waals surface area contributed by atoms with Crippen LogP contribution in [-0.2, 0) is 0 Å². The van der Waals surface area contributed by atoms with Gasteiger partial charge in [0.25, 0.3) is 0 Å². The van der Waals surface area contributed by atoms with Gasteiger partial charge in [-0.05, 0) is 32.6 Å². The van der Waals surface area contributed by atoms with Crippen LogP contribution in [0, 0.1) is 5.92 Å². The largest absolute Gasteiger partial charge is 0.389 e. The molecule has 2 aromatic rings. The van der Waals surface area contributed by atoms with Crippen LogP contribution in [0.2, 0.25) is 0 Å². The fourth-order valence-corrected chi connectivity index (χ4v) is 4.79. The van der Waals surface area contributed by atoms with Crippen LogP contribution in [0.4, 0.5) is 17.7 Å². The first-order valence-corrected chi connectivity index (χ1v) is 10.8. The first-order chi connectivity index (χ1) is 14.3. The minimum absolute atomic E-state index is 0.261. The fourth-order valence-electron chi connectivity index (χ4n) is 4.79. The lowest BCUT2D eigenvalue weighted by atomic mass is 9.86. The average molecular weight is 411 g/mol. The second-order valence-electron chi connectivity index (χ2n) is 9.46. The number of nitrogen functional groups attached to an aromatic ring is 1. The number of rotatable bonds is 5. The second-order valence-corrected chi connectivity index (χ2v) is 9.46. The van der Waals surface area contributed by atoms with E-state index in [1.165, 1.54) is 12.8 Å². The molecule has 6 rings (SSSR count). The van der Waals surface area contributed by atoms with Crippen LogP contribution in [0.25, 0.3) is 11.3 Å². The number of aromatic nitrogens is 4. The van der Waals surface area contributed by atoms with Crippen molar-refractivity contribution >= 4 is 17.7 Å². The van der Waals surface area contributed by atoms with Crippen molar-refractivity contribution < 1.29 is 5.11 Å². The van der Waals surface area contributed by atoms with Gasteiger partial charge in [-0.2, -0.15) is 4.98 Å². The van der Waals surface area contributed by atoms with Gasteiger partial charge in [0, 0.05) is 69.3 Å². The third kappa shape index (κ3) is 3.91. The Kier molecular flexibility index (Phi) is 4.74. The van der Waals surface area contributed by atoms with E-state index in [0.717, 1.165) is 61.7 Å². The quantitative estimate of drug-likeness (QED) is 0.746. The average Bonchev–Trinajstić information content (AvgIpc) is 3.29. The molecule has 30 heavy (non-hydrogen) atoms. The molecule has 0 amide bonds. The maximum atomic E-state index is 10.1. The Morgan fingerprint density at radius 3 is 2.40 bits per heavy atom.